The second-order valence-corrected chi connectivity index (χ2v) is 5.46. The fourth-order valence-corrected chi connectivity index (χ4v) is 2.30. The Bertz CT molecular complexity index is 364. The van der Waals surface area contributed by atoms with Crippen LogP contribution in [-0.4, -0.2) is 28.9 Å². The van der Waals surface area contributed by atoms with Gasteiger partial charge >= 0.3 is 0 Å². The molecule has 1 aliphatic rings. The first-order chi connectivity index (χ1) is 8.01. The fraction of sp³-hybridized carbons (Fsp3) is 0.571. The number of aliphatic hydroxyl groups is 2. The van der Waals surface area contributed by atoms with Gasteiger partial charge in [-0.3, -0.25) is 0 Å². The van der Waals surface area contributed by atoms with Crippen molar-refractivity contribution in [3.8, 4) is 0 Å². The molecule has 3 unspecified atom stereocenters. The predicted molar refractivity (Wildman–Crippen MR) is 67.6 cm³/mol. The Hall–Kier alpha value is -0.900. The molecular weight excluding hydrogens is 214 g/mol. The third-order valence-electron chi connectivity index (χ3n) is 3.96. The van der Waals surface area contributed by atoms with Crippen LogP contribution in [0.4, 0.5) is 0 Å². The molecule has 0 amide bonds. The molecule has 0 spiro atoms. The quantitative estimate of drug-likeness (QED) is 0.740. The number of hydrogen-bond donors (Lipinski definition) is 3. The fourth-order valence-electron chi connectivity index (χ4n) is 2.30. The number of hydrogen-bond acceptors (Lipinski definition) is 3. The highest BCUT2D eigenvalue weighted by atomic mass is 16.3. The Morgan fingerprint density at radius 2 is 2.00 bits per heavy atom. The molecule has 0 aromatic heterocycles. The van der Waals surface area contributed by atoms with Gasteiger partial charge in [0.25, 0.3) is 0 Å². The molecule has 1 aliphatic carbocycles. The molecule has 1 aromatic carbocycles. The maximum absolute atomic E-state index is 10.0. The predicted octanol–water partition coefficient (Wildman–Crippen LogP) is 1.47. The molecule has 0 bridgehead atoms. The Balaban J connectivity index is 1.84. The van der Waals surface area contributed by atoms with Gasteiger partial charge in [0.05, 0.1) is 12.2 Å². The van der Waals surface area contributed by atoms with E-state index in [1.54, 1.807) is 0 Å². The molecule has 0 aliphatic heterocycles. The lowest BCUT2D eigenvalue weighted by Crippen LogP contribution is -2.60. The molecule has 17 heavy (non-hydrogen) atoms. The molecule has 3 N–H and O–H groups in total. The van der Waals surface area contributed by atoms with Gasteiger partial charge in [0.15, 0.2) is 0 Å². The Labute approximate surface area is 102 Å². The average Bonchev–Trinajstić information content (AvgIpc) is 2.35. The zero-order valence-corrected chi connectivity index (χ0v) is 10.4. The van der Waals surface area contributed by atoms with Gasteiger partial charge in [0.2, 0.25) is 0 Å². The van der Waals surface area contributed by atoms with E-state index in [1.165, 1.54) is 0 Å². The van der Waals surface area contributed by atoms with Crippen molar-refractivity contribution in [2.45, 2.75) is 38.5 Å². The van der Waals surface area contributed by atoms with Crippen LogP contribution >= 0.6 is 0 Å². The van der Waals surface area contributed by atoms with Gasteiger partial charge in [0, 0.05) is 18.0 Å². The first-order valence-corrected chi connectivity index (χ1v) is 6.16. The van der Waals surface area contributed by atoms with Crippen molar-refractivity contribution in [3.05, 3.63) is 35.9 Å². The molecule has 1 fully saturated rings. The Kier molecular flexibility index (Phi) is 3.52. The van der Waals surface area contributed by atoms with Crippen LogP contribution in [0, 0.1) is 5.41 Å². The normalized spacial score (nSPS) is 28.5. The Morgan fingerprint density at radius 3 is 2.53 bits per heavy atom. The summed E-state index contributed by atoms with van der Waals surface area (Å²) < 4.78 is 0. The highest BCUT2D eigenvalue weighted by molar-refractivity contribution is 5.17. The van der Waals surface area contributed by atoms with Crippen molar-refractivity contribution in [1.82, 2.24) is 5.32 Å². The van der Waals surface area contributed by atoms with Gasteiger partial charge in [-0.1, -0.05) is 44.2 Å². The van der Waals surface area contributed by atoms with E-state index in [2.05, 4.69) is 5.32 Å². The highest BCUT2D eigenvalue weighted by Crippen LogP contribution is 2.40. The molecule has 0 saturated heterocycles. The summed E-state index contributed by atoms with van der Waals surface area (Å²) in [4.78, 5) is 0. The molecule has 3 nitrogen and oxygen atoms in total. The number of nitrogens with one attached hydrogen (secondary N) is 1. The smallest absolute Gasteiger partial charge is 0.0914 e. The second kappa shape index (κ2) is 4.77. The van der Waals surface area contributed by atoms with Crippen LogP contribution in [0.25, 0.3) is 0 Å². The van der Waals surface area contributed by atoms with E-state index < -0.39 is 6.10 Å². The minimum atomic E-state index is -0.482. The monoisotopic (exact) mass is 235 g/mol. The molecular formula is C14H21NO2. The van der Waals surface area contributed by atoms with Crippen molar-refractivity contribution in [1.29, 1.82) is 0 Å². The number of aliphatic hydroxyl groups excluding tert-OH is 2. The maximum atomic E-state index is 10.0. The van der Waals surface area contributed by atoms with Crippen LogP contribution in [0.2, 0.25) is 0 Å². The first kappa shape index (κ1) is 12.6. The average molecular weight is 235 g/mol. The van der Waals surface area contributed by atoms with Crippen molar-refractivity contribution < 1.29 is 10.2 Å². The largest absolute Gasteiger partial charge is 0.392 e. The van der Waals surface area contributed by atoms with Crippen molar-refractivity contribution in [2.24, 2.45) is 5.41 Å². The molecule has 0 heterocycles. The summed E-state index contributed by atoms with van der Waals surface area (Å²) in [7, 11) is 0. The third-order valence-corrected chi connectivity index (χ3v) is 3.96. The van der Waals surface area contributed by atoms with Crippen LogP contribution in [0.15, 0.2) is 30.3 Å². The SMILES string of the molecule is CC1(C)C(O)CC1NCC(O)c1ccccc1. The van der Waals surface area contributed by atoms with Gasteiger partial charge in [-0.25, -0.2) is 0 Å². The Morgan fingerprint density at radius 1 is 1.35 bits per heavy atom. The van der Waals surface area contributed by atoms with E-state index in [9.17, 15) is 10.2 Å². The minimum absolute atomic E-state index is 0.0869. The first-order valence-electron chi connectivity index (χ1n) is 6.16. The van der Waals surface area contributed by atoms with Crippen molar-refractivity contribution >= 4 is 0 Å². The molecule has 0 radical (unpaired) electrons. The lowest BCUT2D eigenvalue weighted by Gasteiger charge is -2.50. The lowest BCUT2D eigenvalue weighted by molar-refractivity contribution is -0.0749. The van der Waals surface area contributed by atoms with E-state index >= 15 is 0 Å². The summed E-state index contributed by atoms with van der Waals surface area (Å²) in [6, 6.07) is 9.93. The van der Waals surface area contributed by atoms with Crippen LogP contribution in [0.1, 0.15) is 31.9 Å². The molecule has 3 heteroatoms. The molecule has 2 rings (SSSR count). The lowest BCUT2D eigenvalue weighted by atomic mass is 9.64. The highest BCUT2D eigenvalue weighted by Gasteiger charge is 2.46. The summed E-state index contributed by atoms with van der Waals surface area (Å²) >= 11 is 0. The standard InChI is InChI=1S/C14H21NO2/c1-14(2)12(8-13(14)17)15-9-11(16)10-6-4-3-5-7-10/h3-7,11-13,15-17H,8-9H2,1-2H3. The molecule has 1 saturated carbocycles. The van der Waals surface area contributed by atoms with Crippen molar-refractivity contribution in [2.75, 3.05) is 6.54 Å². The second-order valence-electron chi connectivity index (χ2n) is 5.46. The minimum Gasteiger partial charge on any atom is -0.392 e. The third kappa shape index (κ3) is 2.51. The molecule has 3 atom stereocenters. The van der Waals surface area contributed by atoms with Gasteiger partial charge < -0.3 is 15.5 Å². The summed E-state index contributed by atoms with van der Waals surface area (Å²) in [5, 5.41) is 23.0. The van der Waals surface area contributed by atoms with Crippen LogP contribution in [0.3, 0.4) is 0 Å². The maximum Gasteiger partial charge on any atom is 0.0914 e. The summed E-state index contributed by atoms with van der Waals surface area (Å²) in [6.07, 6.45) is 0.0627. The summed E-state index contributed by atoms with van der Waals surface area (Å²) in [6.45, 7) is 4.63. The van der Waals surface area contributed by atoms with Gasteiger partial charge in [-0.05, 0) is 12.0 Å². The number of rotatable bonds is 4. The molecule has 94 valence electrons. The zero-order chi connectivity index (χ0) is 12.5. The van der Waals surface area contributed by atoms with Crippen LogP contribution in [-0.2, 0) is 0 Å². The topological polar surface area (TPSA) is 52.5 Å². The van der Waals surface area contributed by atoms with E-state index in [0.29, 0.717) is 6.54 Å². The van der Waals surface area contributed by atoms with Crippen molar-refractivity contribution in [3.63, 3.8) is 0 Å². The molecule has 1 aromatic rings. The van der Waals surface area contributed by atoms with E-state index in [4.69, 9.17) is 0 Å². The van der Waals surface area contributed by atoms with E-state index in [1.807, 2.05) is 44.2 Å². The zero-order valence-electron chi connectivity index (χ0n) is 10.4. The van der Waals surface area contributed by atoms with E-state index in [-0.39, 0.29) is 17.6 Å². The van der Waals surface area contributed by atoms with Gasteiger partial charge in [-0.15, -0.1) is 0 Å². The van der Waals surface area contributed by atoms with E-state index in [0.717, 1.165) is 12.0 Å². The van der Waals surface area contributed by atoms with Gasteiger partial charge in [-0.2, -0.15) is 0 Å². The van der Waals surface area contributed by atoms with Crippen LogP contribution in [0.5, 0.6) is 0 Å². The summed E-state index contributed by atoms with van der Waals surface area (Å²) in [5.41, 5.74) is 0.842. The van der Waals surface area contributed by atoms with Crippen LogP contribution < -0.4 is 5.32 Å². The summed E-state index contributed by atoms with van der Waals surface area (Å²) in [5.74, 6) is 0. The van der Waals surface area contributed by atoms with Gasteiger partial charge in [0.1, 0.15) is 0 Å². The number of benzene rings is 1.